The van der Waals surface area contributed by atoms with Crippen LogP contribution in [0.15, 0.2) is 0 Å². The first-order chi connectivity index (χ1) is 10.5. The van der Waals surface area contributed by atoms with E-state index in [4.69, 9.17) is 9.47 Å². The molecule has 0 bridgehead atoms. The van der Waals surface area contributed by atoms with Crippen LogP contribution < -0.4 is 0 Å². The van der Waals surface area contributed by atoms with Gasteiger partial charge in [-0.25, -0.2) is 0 Å². The van der Waals surface area contributed by atoms with Gasteiger partial charge in [0.15, 0.2) is 5.79 Å². The Balaban J connectivity index is 1.38. The minimum absolute atomic E-state index is 0.222. The summed E-state index contributed by atoms with van der Waals surface area (Å²) in [6.07, 6.45) is 10.2. The highest BCUT2D eigenvalue weighted by atomic mass is 16.7. The van der Waals surface area contributed by atoms with Crippen LogP contribution in [0.3, 0.4) is 0 Å². The quantitative estimate of drug-likeness (QED) is 0.776. The fraction of sp³-hybridized carbons (Fsp3) is 1.00. The lowest BCUT2D eigenvalue weighted by atomic mass is 9.71. The van der Waals surface area contributed by atoms with Crippen LogP contribution in [-0.4, -0.2) is 43.0 Å². The van der Waals surface area contributed by atoms with E-state index >= 15 is 0 Å². The molecular weight excluding hydrogens is 274 g/mol. The van der Waals surface area contributed by atoms with Gasteiger partial charge in [-0.15, -0.1) is 0 Å². The number of nitrogens with zero attached hydrogens (tertiary/aromatic N) is 1. The first kappa shape index (κ1) is 16.7. The van der Waals surface area contributed by atoms with Crippen LogP contribution in [0.5, 0.6) is 0 Å². The molecule has 0 amide bonds. The minimum Gasteiger partial charge on any atom is -0.347 e. The number of likely N-dealkylation sites (tertiary alicyclic amines) is 1. The summed E-state index contributed by atoms with van der Waals surface area (Å²) in [6.45, 7) is 11.8. The van der Waals surface area contributed by atoms with Gasteiger partial charge in [0.05, 0.1) is 12.7 Å². The number of hydrogen-bond acceptors (Lipinski definition) is 3. The van der Waals surface area contributed by atoms with E-state index in [1.165, 1.54) is 58.2 Å². The average Bonchev–Trinajstić information content (AvgIpc) is 3.10. The van der Waals surface area contributed by atoms with Gasteiger partial charge < -0.3 is 14.4 Å². The summed E-state index contributed by atoms with van der Waals surface area (Å²) < 4.78 is 12.5. The Morgan fingerprint density at radius 3 is 2.41 bits per heavy atom. The second kappa shape index (κ2) is 6.78. The molecule has 1 aliphatic carbocycles. The van der Waals surface area contributed by atoms with E-state index in [1.807, 2.05) is 0 Å². The number of ether oxygens (including phenoxy) is 2. The molecule has 3 fully saturated rings. The van der Waals surface area contributed by atoms with Crippen LogP contribution in [0.2, 0.25) is 0 Å². The van der Waals surface area contributed by atoms with Gasteiger partial charge in [-0.2, -0.15) is 0 Å². The lowest BCUT2D eigenvalue weighted by molar-refractivity contribution is -0.197. The molecule has 3 rings (SSSR count). The fourth-order valence-electron chi connectivity index (χ4n) is 4.49. The zero-order chi connectivity index (χ0) is 15.6. The summed E-state index contributed by atoms with van der Waals surface area (Å²) in [4.78, 5) is 2.60. The highest BCUT2D eigenvalue weighted by molar-refractivity contribution is 4.88. The summed E-state index contributed by atoms with van der Waals surface area (Å²) in [7, 11) is 0. The van der Waals surface area contributed by atoms with Crippen molar-refractivity contribution in [3.8, 4) is 0 Å². The van der Waals surface area contributed by atoms with Gasteiger partial charge in [0.2, 0.25) is 0 Å². The lowest BCUT2D eigenvalue weighted by Crippen LogP contribution is -2.38. The molecule has 3 heteroatoms. The smallest absolute Gasteiger partial charge is 0.168 e. The van der Waals surface area contributed by atoms with Gasteiger partial charge in [-0.1, -0.05) is 20.8 Å². The summed E-state index contributed by atoms with van der Waals surface area (Å²) in [5, 5.41) is 0. The van der Waals surface area contributed by atoms with Gasteiger partial charge in [0.1, 0.15) is 0 Å². The highest BCUT2D eigenvalue weighted by Gasteiger charge is 2.45. The first-order valence-corrected chi connectivity index (χ1v) is 9.51. The van der Waals surface area contributed by atoms with E-state index in [0.29, 0.717) is 11.5 Å². The van der Waals surface area contributed by atoms with Crippen molar-refractivity contribution in [2.75, 3.05) is 26.2 Å². The SMILES string of the molecule is CC(C)(C)C1CCC2(CC1)OCC(CCCN1CCCC1)O2. The Labute approximate surface area is 136 Å². The van der Waals surface area contributed by atoms with Crippen LogP contribution in [0.4, 0.5) is 0 Å². The molecule has 128 valence electrons. The predicted octanol–water partition coefficient (Wildman–Crippen LogP) is 4.21. The zero-order valence-corrected chi connectivity index (χ0v) is 14.9. The Bertz CT molecular complexity index is 349. The van der Waals surface area contributed by atoms with E-state index in [0.717, 1.165) is 25.4 Å². The average molecular weight is 309 g/mol. The van der Waals surface area contributed by atoms with E-state index in [2.05, 4.69) is 25.7 Å². The van der Waals surface area contributed by atoms with Crippen molar-refractivity contribution in [1.29, 1.82) is 0 Å². The predicted molar refractivity (Wildman–Crippen MR) is 89.9 cm³/mol. The Kier molecular flexibility index (Phi) is 5.16. The molecule has 1 spiro atoms. The van der Waals surface area contributed by atoms with Gasteiger partial charge >= 0.3 is 0 Å². The van der Waals surface area contributed by atoms with Crippen molar-refractivity contribution < 1.29 is 9.47 Å². The van der Waals surface area contributed by atoms with Gasteiger partial charge in [-0.3, -0.25) is 0 Å². The van der Waals surface area contributed by atoms with Crippen molar-refractivity contribution in [2.24, 2.45) is 11.3 Å². The van der Waals surface area contributed by atoms with Gasteiger partial charge in [0.25, 0.3) is 0 Å². The standard InChI is InChI=1S/C19H35NO2/c1-18(2,3)16-8-10-19(11-9-16)21-15-17(22-19)7-6-14-20-12-4-5-13-20/h16-17H,4-15H2,1-3H3. The molecular formula is C19H35NO2. The third kappa shape index (κ3) is 4.04. The van der Waals surface area contributed by atoms with E-state index in [-0.39, 0.29) is 5.79 Å². The summed E-state index contributed by atoms with van der Waals surface area (Å²) in [6, 6.07) is 0. The maximum atomic E-state index is 6.37. The molecule has 0 aromatic carbocycles. The zero-order valence-electron chi connectivity index (χ0n) is 14.9. The van der Waals surface area contributed by atoms with E-state index < -0.39 is 0 Å². The molecule has 0 N–H and O–H groups in total. The van der Waals surface area contributed by atoms with Gasteiger partial charge in [0, 0.05) is 12.8 Å². The monoisotopic (exact) mass is 309 g/mol. The maximum Gasteiger partial charge on any atom is 0.168 e. The molecule has 1 atom stereocenters. The lowest BCUT2D eigenvalue weighted by Gasteiger charge is -2.41. The molecule has 22 heavy (non-hydrogen) atoms. The summed E-state index contributed by atoms with van der Waals surface area (Å²) in [5.41, 5.74) is 0.426. The van der Waals surface area contributed by atoms with E-state index in [9.17, 15) is 0 Å². The van der Waals surface area contributed by atoms with E-state index in [1.54, 1.807) is 0 Å². The Hall–Kier alpha value is -0.120. The van der Waals surface area contributed by atoms with Crippen LogP contribution in [0.25, 0.3) is 0 Å². The van der Waals surface area contributed by atoms with Crippen LogP contribution in [0.1, 0.15) is 72.1 Å². The largest absolute Gasteiger partial charge is 0.347 e. The van der Waals surface area contributed by atoms with Crippen molar-refractivity contribution in [1.82, 2.24) is 4.90 Å². The second-order valence-electron chi connectivity index (χ2n) is 8.79. The molecule has 0 aromatic rings. The molecule has 1 unspecified atom stereocenters. The summed E-state index contributed by atoms with van der Waals surface area (Å²) in [5.74, 6) is 0.597. The normalized spacial score (nSPS) is 37.2. The molecule has 2 heterocycles. The Morgan fingerprint density at radius 1 is 1.09 bits per heavy atom. The molecule has 1 saturated carbocycles. The molecule has 0 radical (unpaired) electrons. The third-order valence-corrected chi connectivity index (χ3v) is 6.08. The van der Waals surface area contributed by atoms with Crippen LogP contribution in [0, 0.1) is 11.3 Å². The van der Waals surface area contributed by atoms with Crippen molar-refractivity contribution in [2.45, 2.75) is 84.0 Å². The van der Waals surface area contributed by atoms with Crippen LogP contribution >= 0.6 is 0 Å². The number of rotatable bonds is 4. The third-order valence-electron chi connectivity index (χ3n) is 6.08. The van der Waals surface area contributed by atoms with Crippen molar-refractivity contribution in [3.05, 3.63) is 0 Å². The second-order valence-corrected chi connectivity index (χ2v) is 8.79. The molecule has 3 aliphatic rings. The van der Waals surface area contributed by atoms with Gasteiger partial charge in [-0.05, 0) is 69.5 Å². The van der Waals surface area contributed by atoms with Crippen molar-refractivity contribution >= 4 is 0 Å². The topological polar surface area (TPSA) is 21.7 Å². The molecule has 0 aromatic heterocycles. The Morgan fingerprint density at radius 2 is 1.77 bits per heavy atom. The molecule has 2 saturated heterocycles. The highest BCUT2D eigenvalue weighted by Crippen LogP contribution is 2.45. The minimum atomic E-state index is -0.222. The first-order valence-electron chi connectivity index (χ1n) is 9.51. The fourth-order valence-corrected chi connectivity index (χ4v) is 4.49. The summed E-state index contributed by atoms with van der Waals surface area (Å²) >= 11 is 0. The van der Waals surface area contributed by atoms with Crippen molar-refractivity contribution in [3.63, 3.8) is 0 Å². The molecule has 3 nitrogen and oxygen atoms in total. The number of hydrogen-bond donors (Lipinski definition) is 0. The maximum absolute atomic E-state index is 6.37. The molecule has 2 aliphatic heterocycles. The van der Waals surface area contributed by atoms with Crippen LogP contribution in [-0.2, 0) is 9.47 Å².